The van der Waals surface area contributed by atoms with Gasteiger partial charge in [0.2, 0.25) is 0 Å². The molecule has 0 amide bonds. The van der Waals surface area contributed by atoms with Gasteiger partial charge in [-0.3, -0.25) is 0 Å². The Hall–Kier alpha value is -0.560. The summed E-state index contributed by atoms with van der Waals surface area (Å²) < 4.78 is 18.1. The van der Waals surface area contributed by atoms with E-state index in [4.69, 9.17) is 0 Å². The summed E-state index contributed by atoms with van der Waals surface area (Å²) in [6, 6.07) is 6.50. The van der Waals surface area contributed by atoms with E-state index in [1.54, 1.807) is 12.1 Å². The minimum atomic E-state index is -0.284. The van der Waals surface area contributed by atoms with Gasteiger partial charge in [0.1, 0.15) is 5.82 Å². The van der Waals surface area contributed by atoms with E-state index in [-0.39, 0.29) is 11.2 Å². The van der Waals surface area contributed by atoms with Crippen LogP contribution in [0.3, 0.4) is 0 Å². The molecule has 0 saturated heterocycles. The molecular formula is C11H10FIN2S. The van der Waals surface area contributed by atoms with Crippen LogP contribution in [0.5, 0.6) is 0 Å². The molecule has 0 saturated carbocycles. The topological polar surface area (TPSA) is 25.8 Å². The first-order valence-corrected chi connectivity index (χ1v) is 6.61. The molecule has 0 unspecified atom stereocenters. The number of aromatic nitrogens is 2. The predicted octanol–water partition coefficient (Wildman–Crippen LogP) is 3.61. The number of nitrogens with zero attached hydrogens (tertiary/aromatic N) is 2. The van der Waals surface area contributed by atoms with Gasteiger partial charge in [0.15, 0.2) is 8.84 Å². The van der Waals surface area contributed by atoms with Gasteiger partial charge in [0.05, 0.1) is 5.41 Å². The number of rotatable bonds is 2. The maximum absolute atomic E-state index is 12.9. The quantitative estimate of drug-likeness (QED) is 0.775. The normalized spacial score (nSPS) is 11.8. The molecular weight excluding hydrogens is 338 g/mol. The van der Waals surface area contributed by atoms with Crippen molar-refractivity contribution in [3.63, 3.8) is 0 Å². The maximum Gasteiger partial charge on any atom is 0.174 e. The lowest BCUT2D eigenvalue weighted by molar-refractivity contribution is 0.591. The second-order valence-corrected chi connectivity index (χ2v) is 6.51. The van der Waals surface area contributed by atoms with Crippen molar-refractivity contribution in [1.82, 2.24) is 9.36 Å². The fourth-order valence-electron chi connectivity index (χ4n) is 1.45. The third kappa shape index (κ3) is 2.24. The van der Waals surface area contributed by atoms with Crippen LogP contribution >= 0.6 is 34.1 Å². The molecule has 0 bridgehead atoms. The summed E-state index contributed by atoms with van der Waals surface area (Å²) in [5.74, 6) is 0.564. The molecule has 1 heterocycles. The van der Waals surface area contributed by atoms with Crippen LogP contribution in [0.1, 0.15) is 25.2 Å². The van der Waals surface area contributed by atoms with Crippen molar-refractivity contribution in [2.24, 2.45) is 0 Å². The molecule has 0 spiro atoms. The number of hydrogen-bond donors (Lipinski definition) is 0. The van der Waals surface area contributed by atoms with Crippen LogP contribution in [0, 0.1) is 8.83 Å². The molecule has 5 heteroatoms. The molecule has 0 atom stereocenters. The van der Waals surface area contributed by atoms with Crippen molar-refractivity contribution >= 4 is 34.1 Å². The van der Waals surface area contributed by atoms with Gasteiger partial charge >= 0.3 is 0 Å². The van der Waals surface area contributed by atoms with Gasteiger partial charge in [-0.25, -0.2) is 9.37 Å². The Balaban J connectivity index is 2.42. The number of hydrogen-bond acceptors (Lipinski definition) is 3. The standard InChI is InChI=1S/C11H10FIN2S/c1-11(2,9-14-10(13)16-15-9)7-3-5-8(12)6-4-7/h3-6H,1-2H3. The van der Waals surface area contributed by atoms with Crippen molar-refractivity contribution in [2.75, 3.05) is 0 Å². The van der Waals surface area contributed by atoms with Gasteiger partial charge in [-0.1, -0.05) is 12.1 Å². The third-order valence-electron chi connectivity index (χ3n) is 2.53. The zero-order valence-corrected chi connectivity index (χ0v) is 11.8. The Morgan fingerprint density at radius 3 is 2.38 bits per heavy atom. The summed E-state index contributed by atoms with van der Waals surface area (Å²) in [5.41, 5.74) is 0.733. The van der Waals surface area contributed by atoms with Gasteiger partial charge in [0, 0.05) is 0 Å². The van der Waals surface area contributed by atoms with E-state index in [1.165, 1.54) is 23.7 Å². The smallest absolute Gasteiger partial charge is 0.174 e. The van der Waals surface area contributed by atoms with E-state index in [9.17, 15) is 4.39 Å². The molecule has 0 aliphatic carbocycles. The Labute approximate surface area is 111 Å². The first-order chi connectivity index (χ1) is 7.50. The molecule has 84 valence electrons. The summed E-state index contributed by atoms with van der Waals surface area (Å²) in [6.45, 7) is 4.08. The minimum Gasteiger partial charge on any atom is -0.212 e. The SMILES string of the molecule is CC(C)(c1ccc(F)cc1)c1nsc(I)n1. The molecule has 0 radical (unpaired) electrons. The zero-order chi connectivity index (χ0) is 11.8. The Morgan fingerprint density at radius 1 is 1.25 bits per heavy atom. The monoisotopic (exact) mass is 348 g/mol. The van der Waals surface area contributed by atoms with E-state index in [0.29, 0.717) is 0 Å². The fraction of sp³-hybridized carbons (Fsp3) is 0.273. The van der Waals surface area contributed by atoms with Crippen molar-refractivity contribution in [3.05, 3.63) is 44.5 Å². The molecule has 2 rings (SSSR count). The lowest BCUT2D eigenvalue weighted by Crippen LogP contribution is -2.20. The van der Waals surface area contributed by atoms with Gasteiger partial charge in [0.25, 0.3) is 0 Å². The van der Waals surface area contributed by atoms with Crippen LogP contribution in [0.4, 0.5) is 4.39 Å². The Kier molecular flexibility index (Phi) is 3.25. The fourth-order valence-corrected chi connectivity index (χ4v) is 2.54. The van der Waals surface area contributed by atoms with Crippen LogP contribution < -0.4 is 0 Å². The van der Waals surface area contributed by atoms with Crippen molar-refractivity contribution in [1.29, 1.82) is 0 Å². The summed E-state index contributed by atoms with van der Waals surface area (Å²) in [6.07, 6.45) is 0. The molecule has 1 aromatic carbocycles. The zero-order valence-electron chi connectivity index (χ0n) is 8.87. The van der Waals surface area contributed by atoms with Crippen LogP contribution in [-0.2, 0) is 5.41 Å². The average Bonchev–Trinajstić information content (AvgIpc) is 2.66. The second-order valence-electron chi connectivity index (χ2n) is 4.00. The van der Waals surface area contributed by atoms with E-state index >= 15 is 0 Å². The highest BCUT2D eigenvalue weighted by molar-refractivity contribution is 14.1. The number of halogens is 2. The van der Waals surface area contributed by atoms with Crippen molar-refractivity contribution < 1.29 is 4.39 Å². The van der Waals surface area contributed by atoms with Crippen molar-refractivity contribution in [3.8, 4) is 0 Å². The van der Waals surface area contributed by atoms with E-state index in [2.05, 4.69) is 31.9 Å². The molecule has 0 fully saturated rings. The molecule has 0 aliphatic rings. The van der Waals surface area contributed by atoms with Crippen molar-refractivity contribution in [2.45, 2.75) is 19.3 Å². The number of benzene rings is 1. The van der Waals surface area contributed by atoms with E-state index in [1.807, 2.05) is 13.8 Å². The molecule has 2 nitrogen and oxygen atoms in total. The third-order valence-corrected chi connectivity index (χ3v) is 3.86. The lowest BCUT2D eigenvalue weighted by Gasteiger charge is -2.21. The highest BCUT2D eigenvalue weighted by Gasteiger charge is 2.27. The largest absolute Gasteiger partial charge is 0.212 e. The lowest BCUT2D eigenvalue weighted by atomic mass is 9.84. The van der Waals surface area contributed by atoms with Crippen LogP contribution in [0.25, 0.3) is 0 Å². The predicted molar refractivity (Wildman–Crippen MR) is 71.2 cm³/mol. The minimum absolute atomic E-state index is 0.222. The average molecular weight is 348 g/mol. The second kappa shape index (κ2) is 4.37. The Morgan fingerprint density at radius 2 is 1.88 bits per heavy atom. The van der Waals surface area contributed by atoms with E-state index < -0.39 is 0 Å². The molecule has 0 aliphatic heterocycles. The maximum atomic E-state index is 12.9. The highest BCUT2D eigenvalue weighted by atomic mass is 127. The van der Waals surface area contributed by atoms with Gasteiger partial charge in [-0.15, -0.1) is 0 Å². The highest BCUT2D eigenvalue weighted by Crippen LogP contribution is 2.30. The summed E-state index contributed by atoms with van der Waals surface area (Å²) in [4.78, 5) is 4.38. The summed E-state index contributed by atoms with van der Waals surface area (Å²) >= 11 is 3.53. The first kappa shape index (κ1) is 11.9. The first-order valence-electron chi connectivity index (χ1n) is 4.76. The molecule has 1 aromatic heterocycles. The van der Waals surface area contributed by atoms with Gasteiger partial charge in [-0.2, -0.15) is 4.37 Å². The van der Waals surface area contributed by atoms with Gasteiger partial charge < -0.3 is 0 Å². The molecule has 0 N–H and O–H groups in total. The Bertz CT molecular complexity index is 493. The van der Waals surface area contributed by atoms with Crippen LogP contribution in [0.2, 0.25) is 0 Å². The van der Waals surface area contributed by atoms with Crippen LogP contribution in [-0.4, -0.2) is 9.36 Å². The summed E-state index contributed by atoms with van der Waals surface area (Å²) in [7, 11) is 0. The summed E-state index contributed by atoms with van der Waals surface area (Å²) in [5, 5.41) is 0. The van der Waals surface area contributed by atoms with E-state index in [0.717, 1.165) is 14.4 Å². The van der Waals surface area contributed by atoms with Gasteiger partial charge in [-0.05, 0) is 65.7 Å². The van der Waals surface area contributed by atoms with Crippen LogP contribution in [0.15, 0.2) is 24.3 Å². The molecule has 16 heavy (non-hydrogen) atoms. The molecule has 2 aromatic rings.